The number of hydrogen-bond donors (Lipinski definition) is 1. The maximum absolute atomic E-state index is 4.53. The molecule has 0 bridgehead atoms. The van der Waals surface area contributed by atoms with Crippen molar-refractivity contribution in [3.8, 4) is 0 Å². The average Bonchev–Trinajstić information content (AvgIpc) is 2.90. The second kappa shape index (κ2) is 6.30. The summed E-state index contributed by atoms with van der Waals surface area (Å²) in [6.07, 6.45) is 3.65. The van der Waals surface area contributed by atoms with Crippen LogP contribution in [0.25, 0.3) is 0 Å². The summed E-state index contributed by atoms with van der Waals surface area (Å²) in [5.74, 6) is 0. The lowest BCUT2D eigenvalue weighted by molar-refractivity contribution is 0.753. The number of nitrogens with one attached hydrogen (secondary N) is 1. The molecule has 1 aliphatic heterocycles. The van der Waals surface area contributed by atoms with Crippen molar-refractivity contribution in [1.82, 2.24) is 5.32 Å². The maximum atomic E-state index is 4.53. The minimum atomic E-state index is 0.717. The lowest BCUT2D eigenvalue weighted by Gasteiger charge is -2.07. The molecule has 2 rings (SSSR count). The normalized spacial score (nSPS) is 19.8. The van der Waals surface area contributed by atoms with E-state index in [1.165, 1.54) is 17.7 Å². The van der Waals surface area contributed by atoms with Gasteiger partial charge in [-0.25, -0.2) is 0 Å². The summed E-state index contributed by atoms with van der Waals surface area (Å²) in [5.41, 5.74) is 0. The van der Waals surface area contributed by atoms with Crippen molar-refractivity contribution in [2.45, 2.75) is 31.4 Å². The fraction of sp³-hybridized carbons (Fsp3) is 0.583. The minimum absolute atomic E-state index is 0.717. The summed E-state index contributed by atoms with van der Waals surface area (Å²) in [6, 6.07) is 4.30. The molecule has 1 aliphatic rings. The second-order valence-electron chi connectivity index (χ2n) is 3.93. The Labute approximate surface area is 106 Å². The quantitative estimate of drug-likeness (QED) is 0.873. The SMILES string of the molecule is CCCC1CN=C(NCCc2cccs2)S1. The molecule has 0 spiro atoms. The van der Waals surface area contributed by atoms with Gasteiger partial charge < -0.3 is 5.32 Å². The molecule has 0 radical (unpaired) electrons. The maximum Gasteiger partial charge on any atom is 0.156 e. The molecule has 1 N–H and O–H groups in total. The van der Waals surface area contributed by atoms with Crippen LogP contribution in [0.15, 0.2) is 22.5 Å². The number of thiophene rings is 1. The Morgan fingerprint density at radius 1 is 1.56 bits per heavy atom. The van der Waals surface area contributed by atoms with E-state index in [-0.39, 0.29) is 0 Å². The van der Waals surface area contributed by atoms with E-state index in [9.17, 15) is 0 Å². The first kappa shape index (κ1) is 12.0. The zero-order chi connectivity index (χ0) is 11.2. The largest absolute Gasteiger partial charge is 0.365 e. The Bertz CT molecular complexity index is 333. The smallest absolute Gasteiger partial charge is 0.156 e. The van der Waals surface area contributed by atoms with Crippen molar-refractivity contribution >= 4 is 28.3 Å². The van der Waals surface area contributed by atoms with Crippen LogP contribution in [-0.2, 0) is 6.42 Å². The van der Waals surface area contributed by atoms with Gasteiger partial charge in [0.25, 0.3) is 0 Å². The van der Waals surface area contributed by atoms with E-state index in [2.05, 4.69) is 34.7 Å². The lowest BCUT2D eigenvalue weighted by Crippen LogP contribution is -2.22. The first-order valence-corrected chi connectivity index (χ1v) is 7.61. The van der Waals surface area contributed by atoms with E-state index in [4.69, 9.17) is 0 Å². The summed E-state index contributed by atoms with van der Waals surface area (Å²) in [6.45, 7) is 4.24. The van der Waals surface area contributed by atoms with E-state index in [0.717, 1.165) is 24.7 Å². The van der Waals surface area contributed by atoms with Gasteiger partial charge in [0.1, 0.15) is 0 Å². The third kappa shape index (κ3) is 3.52. The molecular weight excluding hydrogens is 236 g/mol. The van der Waals surface area contributed by atoms with E-state index in [0.29, 0.717) is 5.25 Å². The molecule has 0 saturated heterocycles. The Morgan fingerprint density at radius 3 is 3.25 bits per heavy atom. The number of rotatable bonds is 5. The van der Waals surface area contributed by atoms with Crippen molar-refractivity contribution < 1.29 is 0 Å². The molecule has 0 fully saturated rings. The van der Waals surface area contributed by atoms with Crippen LogP contribution in [0.2, 0.25) is 0 Å². The molecule has 1 atom stereocenters. The van der Waals surface area contributed by atoms with Crippen molar-refractivity contribution in [3.63, 3.8) is 0 Å². The summed E-state index contributed by atoms with van der Waals surface area (Å²) in [5, 5.41) is 7.43. The van der Waals surface area contributed by atoms with Crippen LogP contribution in [0.1, 0.15) is 24.6 Å². The van der Waals surface area contributed by atoms with E-state index >= 15 is 0 Å². The molecule has 2 nitrogen and oxygen atoms in total. The highest BCUT2D eigenvalue weighted by Crippen LogP contribution is 2.23. The zero-order valence-electron chi connectivity index (χ0n) is 9.61. The zero-order valence-corrected chi connectivity index (χ0v) is 11.2. The number of amidine groups is 1. The molecule has 0 aliphatic carbocycles. The van der Waals surface area contributed by atoms with Gasteiger partial charge in [-0.1, -0.05) is 31.2 Å². The molecular formula is C12H18N2S2. The summed E-state index contributed by atoms with van der Waals surface area (Å²) in [7, 11) is 0. The fourth-order valence-corrected chi connectivity index (χ4v) is 3.60. The van der Waals surface area contributed by atoms with Gasteiger partial charge in [0, 0.05) is 16.7 Å². The Balaban J connectivity index is 1.64. The highest BCUT2D eigenvalue weighted by Gasteiger charge is 2.17. The first-order valence-electron chi connectivity index (χ1n) is 5.86. The van der Waals surface area contributed by atoms with Crippen LogP contribution in [0, 0.1) is 0 Å². The second-order valence-corrected chi connectivity index (χ2v) is 6.25. The van der Waals surface area contributed by atoms with Gasteiger partial charge in [0.2, 0.25) is 0 Å². The summed E-state index contributed by atoms with van der Waals surface area (Å²) >= 11 is 3.74. The molecule has 4 heteroatoms. The predicted octanol–water partition coefficient (Wildman–Crippen LogP) is 3.15. The summed E-state index contributed by atoms with van der Waals surface area (Å²) in [4.78, 5) is 5.97. The molecule has 0 aromatic carbocycles. The Kier molecular flexibility index (Phi) is 4.72. The fourth-order valence-electron chi connectivity index (χ4n) is 1.73. The van der Waals surface area contributed by atoms with Gasteiger partial charge in [-0.3, -0.25) is 4.99 Å². The lowest BCUT2D eigenvalue weighted by atomic mass is 10.2. The molecule has 0 saturated carbocycles. The standard InChI is InChI=1S/C12H18N2S2/c1-2-4-11-9-14-12(16-11)13-7-6-10-5-3-8-15-10/h3,5,8,11H,2,4,6-7,9H2,1H3,(H,13,14). The molecule has 88 valence electrons. The van der Waals surface area contributed by atoms with Crippen LogP contribution in [0.3, 0.4) is 0 Å². The van der Waals surface area contributed by atoms with Gasteiger partial charge in [-0.15, -0.1) is 11.3 Å². The minimum Gasteiger partial charge on any atom is -0.365 e. The monoisotopic (exact) mass is 254 g/mol. The van der Waals surface area contributed by atoms with Gasteiger partial charge in [0.15, 0.2) is 5.17 Å². The van der Waals surface area contributed by atoms with Crippen LogP contribution < -0.4 is 5.32 Å². The first-order chi connectivity index (χ1) is 7.88. The van der Waals surface area contributed by atoms with Crippen molar-refractivity contribution in [3.05, 3.63) is 22.4 Å². The van der Waals surface area contributed by atoms with Crippen molar-refractivity contribution in [2.75, 3.05) is 13.1 Å². The topological polar surface area (TPSA) is 24.4 Å². The molecule has 1 aromatic heterocycles. The molecule has 1 aromatic rings. The number of hydrogen-bond acceptors (Lipinski definition) is 4. The van der Waals surface area contributed by atoms with Gasteiger partial charge in [0.05, 0.1) is 6.54 Å². The summed E-state index contributed by atoms with van der Waals surface area (Å²) < 4.78 is 0. The third-order valence-corrected chi connectivity index (χ3v) is 4.71. The van der Waals surface area contributed by atoms with Crippen molar-refractivity contribution in [1.29, 1.82) is 0 Å². The van der Waals surface area contributed by atoms with Gasteiger partial charge in [-0.05, 0) is 24.3 Å². The van der Waals surface area contributed by atoms with Gasteiger partial charge >= 0.3 is 0 Å². The van der Waals surface area contributed by atoms with Crippen LogP contribution in [0.4, 0.5) is 0 Å². The number of aliphatic imine (C=N–C) groups is 1. The van der Waals surface area contributed by atoms with E-state index < -0.39 is 0 Å². The highest BCUT2D eigenvalue weighted by molar-refractivity contribution is 8.14. The predicted molar refractivity (Wildman–Crippen MR) is 74.6 cm³/mol. The van der Waals surface area contributed by atoms with Crippen LogP contribution in [-0.4, -0.2) is 23.5 Å². The number of nitrogens with zero attached hydrogens (tertiary/aromatic N) is 1. The number of thioether (sulfide) groups is 1. The average molecular weight is 254 g/mol. The van der Waals surface area contributed by atoms with Crippen LogP contribution >= 0.6 is 23.1 Å². The molecule has 0 amide bonds. The van der Waals surface area contributed by atoms with E-state index in [1.807, 2.05) is 23.1 Å². The molecule has 1 unspecified atom stereocenters. The van der Waals surface area contributed by atoms with Crippen molar-refractivity contribution in [2.24, 2.45) is 4.99 Å². The van der Waals surface area contributed by atoms with Gasteiger partial charge in [-0.2, -0.15) is 0 Å². The highest BCUT2D eigenvalue weighted by atomic mass is 32.2. The Morgan fingerprint density at radius 2 is 2.50 bits per heavy atom. The van der Waals surface area contributed by atoms with Crippen LogP contribution in [0.5, 0.6) is 0 Å². The molecule has 16 heavy (non-hydrogen) atoms. The Hall–Kier alpha value is -0.480. The van der Waals surface area contributed by atoms with E-state index in [1.54, 1.807) is 0 Å². The molecule has 2 heterocycles. The third-order valence-electron chi connectivity index (χ3n) is 2.56.